The van der Waals surface area contributed by atoms with Gasteiger partial charge in [-0.3, -0.25) is 9.00 Å². The molecule has 0 radical (unpaired) electrons. The number of ether oxygens (including phenoxy) is 3. The zero-order chi connectivity index (χ0) is 31.1. The highest BCUT2D eigenvalue weighted by molar-refractivity contribution is 7.98. The number of nitrogens with zero attached hydrogens (tertiary/aromatic N) is 2. The minimum atomic E-state index is -3.10. The second-order valence-electron chi connectivity index (χ2n) is 9.68. The van der Waals surface area contributed by atoms with E-state index in [1.807, 2.05) is 18.4 Å². The molecule has 15 heteroatoms. The first-order chi connectivity index (χ1) is 20.5. The second kappa shape index (κ2) is 15.4. The van der Waals surface area contributed by atoms with Gasteiger partial charge in [-0.1, -0.05) is 41.4 Å². The van der Waals surface area contributed by atoms with E-state index < -0.39 is 36.5 Å². The van der Waals surface area contributed by atoms with Gasteiger partial charge < -0.3 is 24.0 Å². The lowest BCUT2D eigenvalue weighted by molar-refractivity contribution is -0.605. The molecule has 0 saturated heterocycles. The number of carbonyl (C=O) groups excluding carboxylic acids is 1. The van der Waals surface area contributed by atoms with Gasteiger partial charge in [0, 0.05) is 34.7 Å². The van der Waals surface area contributed by atoms with E-state index in [0.29, 0.717) is 21.8 Å². The molecule has 0 spiro atoms. The largest absolute Gasteiger partial charge is 0.760 e. The topological polar surface area (TPSA) is 115 Å². The summed E-state index contributed by atoms with van der Waals surface area (Å²) in [6, 6.07) is 11.3. The lowest BCUT2D eigenvalue weighted by atomic mass is 10.0. The molecule has 43 heavy (non-hydrogen) atoms. The van der Waals surface area contributed by atoms with E-state index in [1.165, 1.54) is 30.0 Å². The van der Waals surface area contributed by atoms with Crippen molar-refractivity contribution in [2.45, 2.75) is 43.4 Å². The fourth-order valence-electron chi connectivity index (χ4n) is 4.10. The van der Waals surface area contributed by atoms with Crippen molar-refractivity contribution in [2.75, 3.05) is 19.4 Å². The highest BCUT2D eigenvalue weighted by Gasteiger charge is 2.27. The highest BCUT2D eigenvalue weighted by Crippen LogP contribution is 2.38. The average molecular weight is 677 g/mol. The summed E-state index contributed by atoms with van der Waals surface area (Å²) in [6.45, 7) is -3.51. The summed E-state index contributed by atoms with van der Waals surface area (Å²) in [5.74, 6) is -0.781. The van der Waals surface area contributed by atoms with E-state index in [9.17, 15) is 27.5 Å². The van der Waals surface area contributed by atoms with Crippen LogP contribution in [0, 0.1) is 11.1 Å². The van der Waals surface area contributed by atoms with Crippen molar-refractivity contribution in [2.24, 2.45) is 5.92 Å². The number of pyridine rings is 1. The predicted molar refractivity (Wildman–Crippen MR) is 157 cm³/mol. The highest BCUT2D eigenvalue weighted by atomic mass is 35.5. The Labute approximate surface area is 264 Å². The van der Waals surface area contributed by atoms with Gasteiger partial charge in [-0.15, -0.1) is 11.8 Å². The number of alkyl halides is 2. The van der Waals surface area contributed by atoms with Crippen molar-refractivity contribution >= 4 is 52.2 Å². The van der Waals surface area contributed by atoms with Gasteiger partial charge in [-0.25, -0.2) is 4.31 Å². The van der Waals surface area contributed by atoms with Gasteiger partial charge in [0.05, 0.1) is 6.61 Å². The van der Waals surface area contributed by atoms with Crippen LogP contribution in [0.25, 0.3) is 0 Å². The first-order valence-corrected chi connectivity index (χ1v) is 16.0. The Morgan fingerprint density at radius 2 is 1.81 bits per heavy atom. The van der Waals surface area contributed by atoms with Gasteiger partial charge in [0.25, 0.3) is 0 Å². The Kier molecular flexibility index (Phi) is 11.9. The summed E-state index contributed by atoms with van der Waals surface area (Å²) >= 11 is 11.3. The smallest absolute Gasteiger partial charge is 0.387 e. The number of aromatic nitrogens is 1. The lowest BCUT2D eigenvalue weighted by Gasteiger charge is -2.26. The van der Waals surface area contributed by atoms with Crippen molar-refractivity contribution in [1.82, 2.24) is 4.31 Å². The maximum atomic E-state index is 13.2. The van der Waals surface area contributed by atoms with Crippen LogP contribution in [0.15, 0.2) is 59.8 Å². The van der Waals surface area contributed by atoms with Crippen molar-refractivity contribution < 1.29 is 41.3 Å². The fourth-order valence-corrected chi connectivity index (χ4v) is 5.57. The summed E-state index contributed by atoms with van der Waals surface area (Å²) in [7, 11) is 0. The number of hydrogen-bond donors (Lipinski definition) is 0. The number of thioether (sulfide) groups is 1. The van der Waals surface area contributed by atoms with E-state index >= 15 is 0 Å². The van der Waals surface area contributed by atoms with Crippen LogP contribution in [0.2, 0.25) is 10.0 Å². The molecule has 1 aliphatic carbocycles. The summed E-state index contributed by atoms with van der Waals surface area (Å²) < 4.78 is 67.6. The molecule has 9 nitrogen and oxygen atoms in total. The SMILES string of the molecule is CSc1ccc(CN(CC(=O)O[C@@H](Cc2c(Cl)c[n+]([O-])cc2Cl)c2ccc(OC(F)F)c(OCC3CC3)c2)S(=O)[O-])cc1. The van der Waals surface area contributed by atoms with E-state index in [-0.39, 0.29) is 46.7 Å². The zero-order valence-corrected chi connectivity index (χ0v) is 25.9. The number of esters is 1. The van der Waals surface area contributed by atoms with Gasteiger partial charge in [-0.05, 0) is 60.4 Å². The summed E-state index contributed by atoms with van der Waals surface area (Å²) in [6.07, 6.45) is 4.72. The number of carbonyl (C=O) groups is 1. The Morgan fingerprint density at radius 1 is 1.14 bits per heavy atom. The monoisotopic (exact) mass is 675 g/mol. The standard InChI is InChI=1S/C28H28Cl2F2N2O7S2/c1-42-20-7-4-17(5-8-20)12-34(43(37)38)15-27(35)40-25(11-21-22(29)13-33(36)14-23(21)30)19-6-9-24(41-28(31)32)26(10-19)39-16-18-2-3-18/h4-10,13-14,18,25,28H,2-3,11-12,15-16H2,1H3,(H,37,38)/p-1/t25-/m0/s1. The first kappa shape index (κ1) is 33.2. The zero-order valence-electron chi connectivity index (χ0n) is 22.8. The van der Waals surface area contributed by atoms with Crippen molar-refractivity contribution in [3.8, 4) is 11.5 Å². The summed E-state index contributed by atoms with van der Waals surface area (Å²) in [5.41, 5.74) is 1.25. The van der Waals surface area contributed by atoms with Gasteiger partial charge in [0.15, 0.2) is 23.9 Å². The quantitative estimate of drug-likeness (QED) is 0.0647. The molecule has 1 aromatic heterocycles. The van der Waals surface area contributed by atoms with Crippen LogP contribution >= 0.6 is 35.0 Å². The molecular weight excluding hydrogens is 649 g/mol. The average Bonchev–Trinajstić information content (AvgIpc) is 3.78. The Hall–Kier alpha value is -2.68. The Morgan fingerprint density at radius 3 is 2.40 bits per heavy atom. The molecule has 4 rings (SSSR count). The van der Waals surface area contributed by atoms with Crippen LogP contribution in [-0.4, -0.2) is 45.1 Å². The van der Waals surface area contributed by atoms with E-state index in [2.05, 4.69) is 4.74 Å². The molecular formula is C28H27Cl2F2N2O7S2-. The lowest BCUT2D eigenvalue weighted by Crippen LogP contribution is -2.33. The molecule has 3 aromatic rings. The number of benzene rings is 2. The van der Waals surface area contributed by atoms with Gasteiger partial charge >= 0.3 is 12.6 Å². The molecule has 0 N–H and O–H groups in total. The van der Waals surface area contributed by atoms with Crippen LogP contribution in [0.1, 0.15) is 35.6 Å². The maximum Gasteiger partial charge on any atom is 0.387 e. The van der Waals surface area contributed by atoms with Crippen molar-refractivity contribution in [1.29, 1.82) is 0 Å². The van der Waals surface area contributed by atoms with E-state index in [4.69, 9.17) is 32.7 Å². The first-order valence-electron chi connectivity index (χ1n) is 13.0. The van der Waals surface area contributed by atoms with Crippen LogP contribution in [0.3, 0.4) is 0 Å². The van der Waals surface area contributed by atoms with Crippen LogP contribution in [-0.2, 0) is 33.8 Å². The normalized spacial score (nSPS) is 14.5. The van der Waals surface area contributed by atoms with Gasteiger partial charge in [-0.2, -0.15) is 13.5 Å². The number of hydrogen-bond acceptors (Lipinski definition) is 8. The third kappa shape index (κ3) is 9.91. The van der Waals surface area contributed by atoms with Crippen molar-refractivity contribution in [3.63, 3.8) is 0 Å². The molecule has 0 aliphatic heterocycles. The van der Waals surface area contributed by atoms with E-state index in [0.717, 1.165) is 34.4 Å². The number of rotatable bonds is 15. The fraction of sp³-hybridized carbons (Fsp3) is 0.357. The minimum Gasteiger partial charge on any atom is -0.760 e. The Balaban J connectivity index is 1.60. The van der Waals surface area contributed by atoms with Crippen LogP contribution in [0.4, 0.5) is 8.78 Å². The van der Waals surface area contributed by atoms with E-state index in [1.54, 1.807) is 12.1 Å². The molecule has 1 heterocycles. The van der Waals surface area contributed by atoms with Crippen LogP contribution in [0.5, 0.6) is 11.5 Å². The molecule has 2 atom stereocenters. The summed E-state index contributed by atoms with van der Waals surface area (Å²) in [4.78, 5) is 14.1. The molecule has 232 valence electrons. The van der Waals surface area contributed by atoms with Crippen LogP contribution < -0.4 is 14.2 Å². The molecule has 0 amide bonds. The molecule has 1 unspecified atom stereocenters. The molecule has 2 aromatic carbocycles. The van der Waals surface area contributed by atoms with Gasteiger partial charge in [0.1, 0.15) is 22.7 Å². The number of halogens is 4. The minimum absolute atomic E-state index is 0.00221. The Bertz CT molecular complexity index is 1430. The predicted octanol–water partition coefficient (Wildman–Crippen LogP) is 5.86. The summed E-state index contributed by atoms with van der Waals surface area (Å²) in [5, 5.41) is 11.8. The van der Waals surface area contributed by atoms with Gasteiger partial charge in [0.2, 0.25) is 0 Å². The van der Waals surface area contributed by atoms with Crippen molar-refractivity contribution in [3.05, 3.63) is 86.8 Å². The molecule has 1 fully saturated rings. The third-order valence-electron chi connectivity index (χ3n) is 6.48. The third-order valence-corrected chi connectivity index (χ3v) is 8.56. The molecule has 1 aliphatic rings. The molecule has 0 bridgehead atoms. The maximum absolute atomic E-state index is 13.2. The molecule has 1 saturated carbocycles. The second-order valence-corrected chi connectivity index (χ2v) is 12.3.